The van der Waals surface area contributed by atoms with Crippen molar-refractivity contribution < 1.29 is 4.79 Å². The molecule has 1 nitrogen and oxygen atoms in total. The second kappa shape index (κ2) is 12.1. The van der Waals surface area contributed by atoms with Crippen molar-refractivity contribution in [2.75, 3.05) is 0 Å². The van der Waals surface area contributed by atoms with Crippen LogP contribution in [0, 0.1) is 0 Å². The maximum atomic E-state index is 12.4. The molecule has 0 amide bonds. The summed E-state index contributed by atoms with van der Waals surface area (Å²) in [6.45, 7) is 2.26. The van der Waals surface area contributed by atoms with Gasteiger partial charge in [0.05, 0.1) is 0 Å². The van der Waals surface area contributed by atoms with Gasteiger partial charge in [0.15, 0.2) is 5.78 Å². The molecule has 0 fully saturated rings. The van der Waals surface area contributed by atoms with E-state index in [1.54, 1.807) is 0 Å². The molecule has 0 aliphatic carbocycles. The van der Waals surface area contributed by atoms with E-state index in [1.807, 2.05) is 36.4 Å². The molecule has 0 aliphatic heterocycles. The zero-order valence-corrected chi connectivity index (χ0v) is 17.6. The topological polar surface area (TPSA) is 17.1 Å². The first-order chi connectivity index (χ1) is 12.7. The van der Waals surface area contributed by atoms with E-state index in [1.165, 1.54) is 56.9 Å². The predicted molar refractivity (Wildman–Crippen MR) is 115 cm³/mol. The Balaban J connectivity index is 1.68. The summed E-state index contributed by atoms with van der Waals surface area (Å²) >= 11 is 3.42. The number of hydrogen-bond acceptors (Lipinski definition) is 1. The number of halogens is 1. The third-order valence-corrected chi connectivity index (χ3v) is 5.40. The Labute approximate surface area is 167 Å². The Kier molecular flexibility index (Phi) is 9.70. The summed E-state index contributed by atoms with van der Waals surface area (Å²) < 4.78 is 1.04. The fraction of sp³-hybridized carbons (Fsp3) is 0.458. The molecule has 0 spiro atoms. The van der Waals surface area contributed by atoms with E-state index in [0.29, 0.717) is 6.42 Å². The second-order valence-corrected chi connectivity index (χ2v) is 8.06. The number of unbranched alkanes of at least 4 members (excludes halogenated alkanes) is 7. The first kappa shape index (κ1) is 20.9. The van der Waals surface area contributed by atoms with Crippen molar-refractivity contribution in [1.82, 2.24) is 0 Å². The van der Waals surface area contributed by atoms with Crippen molar-refractivity contribution in [1.29, 1.82) is 0 Å². The lowest BCUT2D eigenvalue weighted by Gasteiger charge is -2.05. The highest BCUT2D eigenvalue weighted by molar-refractivity contribution is 9.10. The molecular formula is C24H31BrO. The summed E-state index contributed by atoms with van der Waals surface area (Å²) in [5.41, 5.74) is 3.21. The fourth-order valence-corrected chi connectivity index (χ4v) is 3.47. The Morgan fingerprint density at radius 3 is 1.88 bits per heavy atom. The average molecular weight is 415 g/mol. The fourth-order valence-electron chi connectivity index (χ4n) is 3.21. The summed E-state index contributed by atoms with van der Waals surface area (Å²) in [4.78, 5) is 12.4. The maximum Gasteiger partial charge on any atom is 0.167 e. The van der Waals surface area contributed by atoms with Crippen LogP contribution in [0.1, 0.15) is 79.8 Å². The molecule has 2 heteroatoms. The first-order valence-corrected chi connectivity index (χ1v) is 10.8. The molecule has 2 aromatic carbocycles. The number of hydrogen-bond donors (Lipinski definition) is 0. The van der Waals surface area contributed by atoms with E-state index >= 15 is 0 Å². The van der Waals surface area contributed by atoms with Crippen molar-refractivity contribution in [3.8, 4) is 0 Å². The number of rotatable bonds is 12. The third-order valence-electron chi connectivity index (χ3n) is 4.87. The molecule has 0 radical (unpaired) electrons. The largest absolute Gasteiger partial charge is 0.294 e. The Hall–Kier alpha value is -1.41. The summed E-state index contributed by atoms with van der Waals surface area (Å²) in [6, 6.07) is 16.2. The molecule has 0 unspecified atom stereocenters. The summed E-state index contributed by atoms with van der Waals surface area (Å²) in [5, 5.41) is 0. The Morgan fingerprint density at radius 2 is 1.27 bits per heavy atom. The van der Waals surface area contributed by atoms with Gasteiger partial charge >= 0.3 is 0 Å². The van der Waals surface area contributed by atoms with Gasteiger partial charge in [0.2, 0.25) is 0 Å². The predicted octanol–water partition coefficient (Wildman–Crippen LogP) is 7.56. The van der Waals surface area contributed by atoms with E-state index in [-0.39, 0.29) is 5.78 Å². The highest BCUT2D eigenvalue weighted by Crippen LogP contribution is 2.15. The van der Waals surface area contributed by atoms with Crippen molar-refractivity contribution in [2.45, 2.75) is 71.1 Å². The number of benzene rings is 2. The Bertz CT molecular complexity index is 643. The minimum absolute atomic E-state index is 0.186. The zero-order chi connectivity index (χ0) is 18.6. The maximum absolute atomic E-state index is 12.4. The third kappa shape index (κ3) is 7.86. The minimum Gasteiger partial charge on any atom is -0.294 e. The second-order valence-electron chi connectivity index (χ2n) is 7.15. The van der Waals surface area contributed by atoms with Crippen LogP contribution in [0.4, 0.5) is 0 Å². The van der Waals surface area contributed by atoms with Crippen molar-refractivity contribution >= 4 is 21.7 Å². The van der Waals surface area contributed by atoms with Crippen LogP contribution >= 0.6 is 15.9 Å². The molecule has 0 heterocycles. The summed E-state index contributed by atoms with van der Waals surface area (Å²) in [7, 11) is 0. The highest BCUT2D eigenvalue weighted by Gasteiger charge is 2.07. The van der Waals surface area contributed by atoms with Crippen LogP contribution in [0.5, 0.6) is 0 Å². The van der Waals surface area contributed by atoms with Gasteiger partial charge in [0, 0.05) is 16.5 Å². The van der Waals surface area contributed by atoms with Gasteiger partial charge < -0.3 is 0 Å². The highest BCUT2D eigenvalue weighted by atomic mass is 79.9. The van der Waals surface area contributed by atoms with Crippen LogP contribution in [0.15, 0.2) is 53.0 Å². The van der Waals surface area contributed by atoms with Gasteiger partial charge in [-0.2, -0.15) is 0 Å². The quantitative estimate of drug-likeness (QED) is 0.258. The van der Waals surface area contributed by atoms with Crippen molar-refractivity contribution in [2.24, 2.45) is 0 Å². The summed E-state index contributed by atoms with van der Waals surface area (Å²) in [6.07, 6.45) is 12.4. The molecule has 0 aromatic heterocycles. The van der Waals surface area contributed by atoms with Gasteiger partial charge in [-0.25, -0.2) is 0 Å². The molecule has 2 aromatic rings. The number of ketones is 1. The monoisotopic (exact) mass is 414 g/mol. The van der Waals surface area contributed by atoms with Gasteiger partial charge in [0.1, 0.15) is 0 Å². The number of aryl methyl sites for hydroxylation is 1. The molecule has 0 bridgehead atoms. The van der Waals surface area contributed by atoms with Crippen LogP contribution < -0.4 is 0 Å². The standard InChI is InChI=1S/C24H31BrO/c1-2-3-4-5-6-7-8-9-10-20-11-15-22(16-12-20)24(26)19-21-13-17-23(25)18-14-21/h11-18H,2-10,19H2,1H3. The molecule has 2 rings (SSSR count). The minimum atomic E-state index is 0.186. The average Bonchev–Trinajstić information content (AvgIpc) is 2.66. The Morgan fingerprint density at radius 1 is 0.731 bits per heavy atom. The molecule has 0 atom stereocenters. The van der Waals surface area contributed by atoms with Gasteiger partial charge in [-0.05, 0) is 36.1 Å². The smallest absolute Gasteiger partial charge is 0.167 e. The van der Waals surface area contributed by atoms with Crippen LogP contribution in [0.2, 0.25) is 0 Å². The summed E-state index contributed by atoms with van der Waals surface area (Å²) in [5.74, 6) is 0.186. The van der Waals surface area contributed by atoms with Gasteiger partial charge in [-0.15, -0.1) is 0 Å². The normalized spacial score (nSPS) is 10.8. The van der Waals surface area contributed by atoms with Crippen LogP contribution in [-0.2, 0) is 12.8 Å². The zero-order valence-electron chi connectivity index (χ0n) is 16.0. The van der Waals surface area contributed by atoms with E-state index < -0.39 is 0 Å². The SMILES string of the molecule is CCCCCCCCCCc1ccc(C(=O)Cc2ccc(Br)cc2)cc1. The van der Waals surface area contributed by atoms with Crippen LogP contribution in [0.3, 0.4) is 0 Å². The van der Waals surface area contributed by atoms with Crippen molar-refractivity contribution in [3.63, 3.8) is 0 Å². The van der Waals surface area contributed by atoms with Gasteiger partial charge in [-0.3, -0.25) is 4.79 Å². The van der Waals surface area contributed by atoms with E-state index in [9.17, 15) is 4.79 Å². The lowest BCUT2D eigenvalue weighted by molar-refractivity contribution is 0.0993. The lowest BCUT2D eigenvalue weighted by Crippen LogP contribution is -2.03. The number of carbonyl (C=O) groups excluding carboxylic acids is 1. The molecule has 140 valence electrons. The number of carbonyl (C=O) groups is 1. The van der Waals surface area contributed by atoms with E-state index in [4.69, 9.17) is 0 Å². The van der Waals surface area contributed by atoms with Gasteiger partial charge in [0.25, 0.3) is 0 Å². The molecule has 0 saturated heterocycles. The number of Topliss-reactive ketones (excluding diaryl/α,β-unsaturated/α-hetero) is 1. The van der Waals surface area contributed by atoms with Crippen LogP contribution in [-0.4, -0.2) is 5.78 Å². The molecule has 0 N–H and O–H groups in total. The van der Waals surface area contributed by atoms with Crippen molar-refractivity contribution in [3.05, 3.63) is 69.7 Å². The first-order valence-electron chi connectivity index (χ1n) is 10.1. The molecule has 26 heavy (non-hydrogen) atoms. The lowest BCUT2D eigenvalue weighted by atomic mass is 10.00. The van der Waals surface area contributed by atoms with Gasteiger partial charge in [-0.1, -0.05) is 104 Å². The van der Waals surface area contributed by atoms with E-state index in [2.05, 4.69) is 35.0 Å². The van der Waals surface area contributed by atoms with Crippen LogP contribution in [0.25, 0.3) is 0 Å². The van der Waals surface area contributed by atoms with E-state index in [0.717, 1.165) is 22.0 Å². The molecule has 0 saturated carbocycles. The molecular weight excluding hydrogens is 384 g/mol. The molecule has 0 aliphatic rings.